The predicted octanol–water partition coefficient (Wildman–Crippen LogP) is 1.77. The Morgan fingerprint density at radius 1 is 1.14 bits per heavy atom. The van der Waals surface area contributed by atoms with Crippen molar-refractivity contribution in [2.24, 2.45) is 17.3 Å². The summed E-state index contributed by atoms with van der Waals surface area (Å²) in [4.78, 5) is 37.6. The highest BCUT2D eigenvalue weighted by Gasteiger charge is 2.61. The summed E-state index contributed by atoms with van der Waals surface area (Å²) in [6.45, 7) is 3.59. The Labute approximate surface area is 170 Å². The minimum atomic E-state index is -0.755. The Morgan fingerprint density at radius 3 is 2.41 bits per heavy atom. The molecular weight excluding hydrogens is 376 g/mol. The number of amides is 2. The monoisotopic (exact) mass is 406 g/mol. The van der Waals surface area contributed by atoms with E-state index >= 15 is 0 Å². The van der Waals surface area contributed by atoms with Crippen LogP contribution in [0.15, 0.2) is 11.3 Å². The first-order valence-electron chi connectivity index (χ1n) is 10.6. The first-order valence-corrected chi connectivity index (χ1v) is 10.6. The second-order valence-electron chi connectivity index (χ2n) is 9.21. The second-order valence-corrected chi connectivity index (χ2v) is 9.21. The van der Waals surface area contributed by atoms with Crippen molar-refractivity contribution in [1.82, 2.24) is 10.6 Å². The molecule has 1 aliphatic heterocycles. The molecule has 0 spiro atoms. The number of esters is 2. The molecule has 3 N–H and O–H groups in total. The van der Waals surface area contributed by atoms with Crippen molar-refractivity contribution in [2.75, 3.05) is 13.2 Å². The van der Waals surface area contributed by atoms with Crippen LogP contribution in [0.1, 0.15) is 58.8 Å². The smallest absolute Gasteiger partial charge is 0.338 e. The molecule has 0 saturated heterocycles. The summed E-state index contributed by atoms with van der Waals surface area (Å²) in [5.41, 5.74) is -0.832. The lowest BCUT2D eigenvalue weighted by atomic mass is 9.48. The van der Waals surface area contributed by atoms with Crippen molar-refractivity contribution in [3.05, 3.63) is 11.3 Å². The van der Waals surface area contributed by atoms with E-state index in [0.29, 0.717) is 30.3 Å². The molecule has 160 valence electrons. The molecule has 4 fully saturated rings. The van der Waals surface area contributed by atoms with Gasteiger partial charge in [-0.2, -0.15) is 0 Å². The van der Waals surface area contributed by atoms with Gasteiger partial charge in [0.05, 0.1) is 34.9 Å². The van der Waals surface area contributed by atoms with Crippen LogP contribution in [-0.2, 0) is 19.1 Å². The van der Waals surface area contributed by atoms with Gasteiger partial charge in [-0.05, 0) is 63.7 Å². The number of carbonyl (C=O) groups is 3. The molecule has 1 heterocycles. The maximum absolute atomic E-state index is 13.1. The molecule has 8 nitrogen and oxygen atoms in total. The topological polar surface area (TPSA) is 114 Å². The molecule has 0 unspecified atom stereocenters. The van der Waals surface area contributed by atoms with Gasteiger partial charge >= 0.3 is 18.0 Å². The lowest BCUT2D eigenvalue weighted by Gasteiger charge is -2.58. The van der Waals surface area contributed by atoms with Crippen LogP contribution in [0.5, 0.6) is 0 Å². The lowest BCUT2D eigenvalue weighted by Crippen LogP contribution is -2.58. The fourth-order valence-electron chi connectivity index (χ4n) is 6.32. The Hall–Kier alpha value is -2.09. The van der Waals surface area contributed by atoms with Crippen molar-refractivity contribution in [3.63, 3.8) is 0 Å². The number of hydrogen-bond acceptors (Lipinski definition) is 6. The van der Waals surface area contributed by atoms with E-state index in [0.717, 1.165) is 32.1 Å². The van der Waals surface area contributed by atoms with Crippen molar-refractivity contribution >= 4 is 18.0 Å². The largest absolute Gasteiger partial charge is 0.463 e. The van der Waals surface area contributed by atoms with Gasteiger partial charge in [0.15, 0.2) is 0 Å². The summed E-state index contributed by atoms with van der Waals surface area (Å²) in [5, 5.41) is 16.2. The molecule has 3 atom stereocenters. The normalized spacial score (nSPS) is 37.8. The quantitative estimate of drug-likeness (QED) is 0.579. The number of hydrogen-bond donors (Lipinski definition) is 3. The van der Waals surface area contributed by atoms with E-state index in [-0.39, 0.29) is 24.9 Å². The van der Waals surface area contributed by atoms with E-state index in [2.05, 4.69) is 10.6 Å². The van der Waals surface area contributed by atoms with Crippen LogP contribution in [0.3, 0.4) is 0 Å². The van der Waals surface area contributed by atoms with Crippen molar-refractivity contribution < 1.29 is 29.0 Å². The average Bonchev–Trinajstić information content (AvgIpc) is 2.63. The zero-order valence-corrected chi connectivity index (χ0v) is 17.1. The van der Waals surface area contributed by atoms with Crippen LogP contribution in [-0.4, -0.2) is 47.9 Å². The van der Waals surface area contributed by atoms with Crippen LogP contribution in [0.2, 0.25) is 0 Å². The van der Waals surface area contributed by atoms with Crippen LogP contribution in [0.25, 0.3) is 0 Å². The van der Waals surface area contributed by atoms with E-state index < -0.39 is 29.1 Å². The van der Waals surface area contributed by atoms with Gasteiger partial charge in [-0.1, -0.05) is 6.92 Å². The molecule has 0 radical (unpaired) electrons. The van der Waals surface area contributed by atoms with Gasteiger partial charge in [0.1, 0.15) is 6.61 Å². The maximum atomic E-state index is 13.1. The van der Waals surface area contributed by atoms with E-state index in [1.807, 2.05) is 6.92 Å². The molecule has 4 aliphatic carbocycles. The molecule has 29 heavy (non-hydrogen) atoms. The number of ether oxygens (including phenoxy) is 2. The third-order valence-corrected chi connectivity index (χ3v) is 6.96. The van der Waals surface area contributed by atoms with Crippen LogP contribution in [0, 0.1) is 17.3 Å². The summed E-state index contributed by atoms with van der Waals surface area (Å²) >= 11 is 0. The summed E-state index contributed by atoms with van der Waals surface area (Å²) in [5.74, 6) is -0.124. The number of urea groups is 1. The molecule has 2 amide bonds. The van der Waals surface area contributed by atoms with Crippen molar-refractivity contribution in [2.45, 2.75) is 70.4 Å². The highest BCUT2D eigenvalue weighted by molar-refractivity contribution is 5.95. The Balaban J connectivity index is 1.52. The Morgan fingerprint density at radius 2 is 1.83 bits per heavy atom. The molecule has 0 aromatic carbocycles. The summed E-state index contributed by atoms with van der Waals surface area (Å²) in [6, 6.07) is -0.920. The molecule has 4 saturated carbocycles. The molecule has 0 aromatic heterocycles. The van der Waals surface area contributed by atoms with Gasteiger partial charge < -0.3 is 25.2 Å². The SMILES string of the molecule is CCOC(=O)C1=C(COC(=O)C23C[C@@H]4C[C@H](CC(O)(C4)C2)C3)NC(=O)N[C@H]1CC. The number of aliphatic hydroxyl groups is 1. The molecule has 4 bridgehead atoms. The fourth-order valence-corrected chi connectivity index (χ4v) is 6.32. The molecule has 8 heteroatoms. The summed E-state index contributed by atoms with van der Waals surface area (Å²) < 4.78 is 10.8. The summed E-state index contributed by atoms with van der Waals surface area (Å²) in [7, 11) is 0. The van der Waals surface area contributed by atoms with Gasteiger partial charge in [0.25, 0.3) is 0 Å². The zero-order valence-electron chi connectivity index (χ0n) is 17.1. The maximum Gasteiger partial charge on any atom is 0.338 e. The number of rotatable bonds is 6. The van der Waals surface area contributed by atoms with E-state index in [9.17, 15) is 19.5 Å². The van der Waals surface area contributed by atoms with Gasteiger partial charge in [0, 0.05) is 0 Å². The molecular formula is C21H30N2O6. The van der Waals surface area contributed by atoms with Gasteiger partial charge in [-0.15, -0.1) is 0 Å². The number of nitrogens with one attached hydrogen (secondary N) is 2. The van der Waals surface area contributed by atoms with Crippen LogP contribution >= 0.6 is 0 Å². The minimum absolute atomic E-state index is 0.188. The predicted molar refractivity (Wildman–Crippen MR) is 102 cm³/mol. The average molecular weight is 406 g/mol. The minimum Gasteiger partial charge on any atom is -0.463 e. The van der Waals surface area contributed by atoms with E-state index in [1.54, 1.807) is 6.92 Å². The van der Waals surface area contributed by atoms with Gasteiger partial charge in [-0.3, -0.25) is 4.79 Å². The number of carbonyl (C=O) groups excluding carboxylic acids is 3. The fraction of sp³-hybridized carbons (Fsp3) is 0.762. The third-order valence-electron chi connectivity index (χ3n) is 6.96. The third kappa shape index (κ3) is 3.63. The first-order chi connectivity index (χ1) is 13.8. The highest BCUT2D eigenvalue weighted by Crippen LogP contribution is 2.62. The highest BCUT2D eigenvalue weighted by atomic mass is 16.5. The van der Waals surface area contributed by atoms with Crippen LogP contribution < -0.4 is 10.6 Å². The Kier molecular flexibility index (Phi) is 5.09. The standard InChI is InChI=1S/C21H30N2O6/c1-3-14-16(17(24)28-4-2)15(23-19(26)22-14)10-29-18(25)20-6-12-5-13(7-20)9-21(27,8-12)11-20/h12-14,27H,3-11H2,1-2H3,(H2,22,23,26)/t12-,13-,14-,20?,21?/m0/s1. The Bertz CT molecular complexity index is 746. The lowest BCUT2D eigenvalue weighted by molar-refractivity contribution is -0.195. The molecule has 5 aliphatic rings. The summed E-state index contributed by atoms with van der Waals surface area (Å²) in [6.07, 6.45) is 5.09. The van der Waals surface area contributed by atoms with Gasteiger partial charge in [-0.25, -0.2) is 9.59 Å². The van der Waals surface area contributed by atoms with Crippen LogP contribution in [0.4, 0.5) is 4.79 Å². The molecule has 5 rings (SSSR count). The van der Waals surface area contributed by atoms with E-state index in [1.165, 1.54) is 0 Å². The molecule has 0 aromatic rings. The van der Waals surface area contributed by atoms with E-state index in [4.69, 9.17) is 9.47 Å². The van der Waals surface area contributed by atoms with Crippen molar-refractivity contribution in [3.8, 4) is 0 Å². The van der Waals surface area contributed by atoms with Gasteiger partial charge in [0.2, 0.25) is 0 Å². The zero-order chi connectivity index (χ0) is 20.8. The van der Waals surface area contributed by atoms with Crippen molar-refractivity contribution in [1.29, 1.82) is 0 Å². The first kappa shape index (κ1) is 20.2. The second kappa shape index (κ2) is 7.31.